The van der Waals surface area contributed by atoms with Crippen LogP contribution in [-0.4, -0.2) is 18.4 Å². The van der Waals surface area contributed by atoms with Gasteiger partial charge >= 0.3 is 0 Å². The molecule has 1 fully saturated rings. The Morgan fingerprint density at radius 2 is 2.12 bits per heavy atom. The van der Waals surface area contributed by atoms with Gasteiger partial charge in [-0.05, 0) is 18.9 Å². The Balaban J connectivity index is 2.42. The molecule has 1 aromatic heterocycles. The van der Waals surface area contributed by atoms with E-state index in [0.29, 0.717) is 5.69 Å². The highest BCUT2D eigenvalue weighted by Crippen LogP contribution is 2.40. The highest BCUT2D eigenvalue weighted by atomic mass is 16.5. The third-order valence-electron chi connectivity index (χ3n) is 3.49. The van der Waals surface area contributed by atoms with Crippen molar-refractivity contribution in [3.63, 3.8) is 0 Å². The Labute approximate surface area is 95.8 Å². The molecule has 1 aliphatic rings. The fourth-order valence-electron chi connectivity index (χ4n) is 2.60. The Bertz CT molecular complexity index is 370. The SMILES string of the molecule is COC1(c2cccnc2C=O)CCCCC1. The second-order valence-electron chi connectivity index (χ2n) is 4.31. The molecular formula is C13H17NO2. The molecule has 0 aromatic carbocycles. The van der Waals surface area contributed by atoms with Crippen molar-refractivity contribution >= 4 is 6.29 Å². The molecule has 0 N–H and O–H groups in total. The standard InChI is InChI=1S/C13H17NO2/c1-16-13(7-3-2-4-8-13)11-6-5-9-14-12(11)10-15/h5-6,9-10H,2-4,7-8H2,1H3. The van der Waals surface area contributed by atoms with Crippen molar-refractivity contribution in [1.29, 1.82) is 0 Å². The van der Waals surface area contributed by atoms with Crippen molar-refractivity contribution in [3.05, 3.63) is 29.6 Å². The largest absolute Gasteiger partial charge is 0.373 e. The molecule has 1 saturated carbocycles. The fraction of sp³-hybridized carbons (Fsp3) is 0.538. The molecule has 0 radical (unpaired) electrons. The van der Waals surface area contributed by atoms with Crippen molar-refractivity contribution in [2.24, 2.45) is 0 Å². The third kappa shape index (κ3) is 1.87. The Morgan fingerprint density at radius 1 is 1.38 bits per heavy atom. The first-order valence-corrected chi connectivity index (χ1v) is 5.78. The maximum absolute atomic E-state index is 11.0. The van der Waals surface area contributed by atoms with E-state index in [9.17, 15) is 4.79 Å². The van der Waals surface area contributed by atoms with Crippen LogP contribution in [0.15, 0.2) is 18.3 Å². The van der Waals surface area contributed by atoms with Crippen LogP contribution in [0.2, 0.25) is 0 Å². The van der Waals surface area contributed by atoms with Gasteiger partial charge in [0, 0.05) is 18.9 Å². The molecule has 2 rings (SSSR count). The van der Waals surface area contributed by atoms with Crippen molar-refractivity contribution < 1.29 is 9.53 Å². The van der Waals surface area contributed by atoms with Gasteiger partial charge in [-0.2, -0.15) is 0 Å². The minimum absolute atomic E-state index is 0.289. The zero-order valence-electron chi connectivity index (χ0n) is 9.61. The molecule has 0 spiro atoms. The lowest BCUT2D eigenvalue weighted by molar-refractivity contribution is -0.0450. The van der Waals surface area contributed by atoms with Gasteiger partial charge in [0.1, 0.15) is 5.69 Å². The quantitative estimate of drug-likeness (QED) is 0.734. The summed E-state index contributed by atoms with van der Waals surface area (Å²) in [6.45, 7) is 0. The fourth-order valence-corrected chi connectivity index (χ4v) is 2.60. The molecule has 3 heteroatoms. The van der Waals surface area contributed by atoms with Crippen LogP contribution in [0.1, 0.15) is 48.2 Å². The normalized spacial score (nSPS) is 19.3. The monoisotopic (exact) mass is 219 g/mol. The molecule has 1 heterocycles. The average Bonchev–Trinajstić information content (AvgIpc) is 2.39. The molecule has 0 aliphatic heterocycles. The van der Waals surface area contributed by atoms with Gasteiger partial charge in [0.05, 0.1) is 5.60 Å². The summed E-state index contributed by atoms with van der Waals surface area (Å²) >= 11 is 0. The predicted molar refractivity (Wildman–Crippen MR) is 61.4 cm³/mol. The maximum atomic E-state index is 11.0. The van der Waals surface area contributed by atoms with E-state index in [1.165, 1.54) is 6.42 Å². The van der Waals surface area contributed by atoms with Crippen LogP contribution in [0.25, 0.3) is 0 Å². The van der Waals surface area contributed by atoms with Gasteiger partial charge < -0.3 is 4.74 Å². The summed E-state index contributed by atoms with van der Waals surface area (Å²) in [5, 5.41) is 0. The Kier molecular flexibility index (Phi) is 3.34. The predicted octanol–water partition coefficient (Wildman–Crippen LogP) is 2.70. The number of hydrogen-bond donors (Lipinski definition) is 0. The molecule has 0 atom stereocenters. The number of rotatable bonds is 3. The minimum atomic E-state index is -0.289. The number of pyridine rings is 1. The number of aldehydes is 1. The van der Waals surface area contributed by atoms with Gasteiger partial charge in [0.2, 0.25) is 0 Å². The average molecular weight is 219 g/mol. The van der Waals surface area contributed by atoms with E-state index in [-0.39, 0.29) is 5.60 Å². The zero-order chi connectivity index (χ0) is 11.4. The number of methoxy groups -OCH3 is 1. The van der Waals surface area contributed by atoms with Crippen LogP contribution in [0.3, 0.4) is 0 Å². The lowest BCUT2D eigenvalue weighted by atomic mass is 9.79. The summed E-state index contributed by atoms with van der Waals surface area (Å²) < 4.78 is 5.71. The lowest BCUT2D eigenvalue weighted by Crippen LogP contribution is -2.32. The highest BCUT2D eigenvalue weighted by molar-refractivity contribution is 5.74. The molecule has 0 amide bonds. The topological polar surface area (TPSA) is 39.2 Å². The number of hydrogen-bond acceptors (Lipinski definition) is 3. The minimum Gasteiger partial charge on any atom is -0.373 e. The number of carbonyl (C=O) groups is 1. The molecule has 0 unspecified atom stereocenters. The van der Waals surface area contributed by atoms with E-state index in [1.807, 2.05) is 12.1 Å². The molecule has 0 saturated heterocycles. The summed E-state index contributed by atoms with van der Waals surface area (Å²) in [5.74, 6) is 0. The smallest absolute Gasteiger partial charge is 0.168 e. The van der Waals surface area contributed by atoms with E-state index in [1.54, 1.807) is 13.3 Å². The van der Waals surface area contributed by atoms with Gasteiger partial charge in [-0.25, -0.2) is 0 Å². The summed E-state index contributed by atoms with van der Waals surface area (Å²) in [4.78, 5) is 15.1. The van der Waals surface area contributed by atoms with Gasteiger partial charge in [-0.15, -0.1) is 0 Å². The molecule has 0 bridgehead atoms. The van der Waals surface area contributed by atoms with Gasteiger partial charge in [-0.1, -0.05) is 25.3 Å². The van der Waals surface area contributed by atoms with Gasteiger partial charge in [0.25, 0.3) is 0 Å². The molecule has 3 nitrogen and oxygen atoms in total. The highest BCUT2D eigenvalue weighted by Gasteiger charge is 2.35. The Hall–Kier alpha value is -1.22. The van der Waals surface area contributed by atoms with Gasteiger partial charge in [-0.3, -0.25) is 9.78 Å². The molecule has 16 heavy (non-hydrogen) atoms. The first-order chi connectivity index (χ1) is 7.82. The zero-order valence-corrected chi connectivity index (χ0v) is 9.61. The first kappa shape index (κ1) is 11.3. The van der Waals surface area contributed by atoms with Crippen molar-refractivity contribution in [1.82, 2.24) is 4.98 Å². The summed E-state index contributed by atoms with van der Waals surface area (Å²) in [7, 11) is 1.73. The van der Waals surface area contributed by atoms with Crippen molar-refractivity contribution in [3.8, 4) is 0 Å². The Morgan fingerprint density at radius 3 is 2.75 bits per heavy atom. The van der Waals surface area contributed by atoms with Crippen LogP contribution in [0.4, 0.5) is 0 Å². The summed E-state index contributed by atoms with van der Waals surface area (Å²) in [5.41, 5.74) is 1.18. The van der Waals surface area contributed by atoms with Gasteiger partial charge in [0.15, 0.2) is 6.29 Å². The van der Waals surface area contributed by atoms with Crippen LogP contribution in [-0.2, 0) is 10.3 Å². The number of nitrogens with zero attached hydrogens (tertiary/aromatic N) is 1. The van der Waals surface area contributed by atoms with Crippen molar-refractivity contribution in [2.75, 3.05) is 7.11 Å². The van der Waals surface area contributed by atoms with E-state index in [2.05, 4.69) is 4.98 Å². The number of ether oxygens (including phenoxy) is 1. The summed E-state index contributed by atoms with van der Waals surface area (Å²) in [6.07, 6.45) is 8.00. The third-order valence-corrected chi connectivity index (χ3v) is 3.49. The van der Waals surface area contributed by atoms with Crippen molar-refractivity contribution in [2.45, 2.75) is 37.7 Å². The van der Waals surface area contributed by atoms with Crippen LogP contribution < -0.4 is 0 Å². The molecule has 1 aromatic rings. The second-order valence-corrected chi connectivity index (χ2v) is 4.31. The maximum Gasteiger partial charge on any atom is 0.168 e. The first-order valence-electron chi connectivity index (χ1n) is 5.78. The number of carbonyl (C=O) groups excluding carboxylic acids is 1. The van der Waals surface area contributed by atoms with Crippen LogP contribution in [0, 0.1) is 0 Å². The number of aromatic nitrogens is 1. The van der Waals surface area contributed by atoms with E-state index >= 15 is 0 Å². The molecular weight excluding hydrogens is 202 g/mol. The summed E-state index contributed by atoms with van der Waals surface area (Å²) in [6, 6.07) is 3.84. The van der Waals surface area contributed by atoms with E-state index in [0.717, 1.165) is 37.5 Å². The second kappa shape index (κ2) is 4.74. The lowest BCUT2D eigenvalue weighted by Gasteiger charge is -2.36. The molecule has 1 aliphatic carbocycles. The van der Waals surface area contributed by atoms with Crippen LogP contribution in [0.5, 0.6) is 0 Å². The molecule has 86 valence electrons. The van der Waals surface area contributed by atoms with E-state index in [4.69, 9.17) is 4.74 Å². The van der Waals surface area contributed by atoms with E-state index < -0.39 is 0 Å². The van der Waals surface area contributed by atoms with Crippen LogP contribution >= 0.6 is 0 Å².